The van der Waals surface area contributed by atoms with Crippen LogP contribution in [-0.2, 0) is 0 Å². The highest BCUT2D eigenvalue weighted by Gasteiger charge is 2.40. The van der Waals surface area contributed by atoms with Gasteiger partial charge < -0.3 is 14.8 Å². The van der Waals surface area contributed by atoms with Crippen molar-refractivity contribution in [3.05, 3.63) is 52.0 Å². The van der Waals surface area contributed by atoms with Gasteiger partial charge in [0.25, 0.3) is 17.7 Å². The molecule has 1 fully saturated rings. The van der Waals surface area contributed by atoms with E-state index in [4.69, 9.17) is 21.1 Å². The van der Waals surface area contributed by atoms with Crippen molar-refractivity contribution < 1.29 is 23.9 Å². The van der Waals surface area contributed by atoms with E-state index in [9.17, 15) is 14.4 Å². The summed E-state index contributed by atoms with van der Waals surface area (Å²) in [5.74, 6) is -0.198. The highest BCUT2D eigenvalue weighted by atomic mass is 35.5. The number of anilines is 1. The zero-order valence-corrected chi connectivity index (χ0v) is 18.1. The second kappa shape index (κ2) is 8.59. The Hall–Kier alpha value is -3.06. The number of hydrogen-bond acceptors (Lipinski definition) is 5. The minimum absolute atomic E-state index is 0.0657. The number of hydrogen-bond donors (Lipinski definition) is 1. The van der Waals surface area contributed by atoms with E-state index in [2.05, 4.69) is 5.32 Å². The van der Waals surface area contributed by atoms with E-state index in [-0.39, 0.29) is 34.0 Å². The summed E-state index contributed by atoms with van der Waals surface area (Å²) in [4.78, 5) is 40.0. The van der Waals surface area contributed by atoms with E-state index in [1.165, 1.54) is 25.2 Å². The molecule has 1 N–H and O–H groups in total. The number of carbonyl (C=O) groups excluding carboxylic acids is 3. The molecule has 0 saturated heterocycles. The number of nitrogens with zero attached hydrogens (tertiary/aromatic N) is 1. The van der Waals surface area contributed by atoms with Crippen LogP contribution in [0.1, 0.15) is 63.2 Å². The lowest BCUT2D eigenvalue weighted by atomic mass is 9.94. The van der Waals surface area contributed by atoms with Gasteiger partial charge in [-0.05, 0) is 31.0 Å². The maximum absolute atomic E-state index is 13.0. The molecule has 162 valence electrons. The second-order valence-corrected chi connectivity index (χ2v) is 8.08. The van der Waals surface area contributed by atoms with Crippen LogP contribution < -0.4 is 14.8 Å². The van der Waals surface area contributed by atoms with Crippen LogP contribution in [0.15, 0.2) is 30.3 Å². The Bertz CT molecular complexity index is 1060. The second-order valence-electron chi connectivity index (χ2n) is 7.67. The molecule has 1 aliphatic heterocycles. The van der Waals surface area contributed by atoms with Gasteiger partial charge in [-0.1, -0.05) is 30.9 Å². The van der Waals surface area contributed by atoms with Crippen molar-refractivity contribution in [3.63, 3.8) is 0 Å². The van der Waals surface area contributed by atoms with Crippen molar-refractivity contribution in [3.8, 4) is 11.5 Å². The summed E-state index contributed by atoms with van der Waals surface area (Å²) in [5, 5.41) is 3.01. The molecule has 1 aliphatic carbocycles. The third-order valence-electron chi connectivity index (χ3n) is 5.84. The molecule has 0 bridgehead atoms. The van der Waals surface area contributed by atoms with Crippen molar-refractivity contribution in [1.29, 1.82) is 0 Å². The van der Waals surface area contributed by atoms with Crippen LogP contribution in [0, 0.1) is 0 Å². The van der Waals surface area contributed by atoms with E-state index in [0.717, 1.165) is 32.1 Å². The highest BCUT2D eigenvalue weighted by molar-refractivity contribution is 6.34. The first-order valence-corrected chi connectivity index (χ1v) is 10.6. The molecule has 4 rings (SSSR count). The Balaban J connectivity index is 1.58. The van der Waals surface area contributed by atoms with Crippen LogP contribution in [-0.4, -0.2) is 42.9 Å². The van der Waals surface area contributed by atoms with Gasteiger partial charge in [0.05, 0.1) is 36.1 Å². The van der Waals surface area contributed by atoms with Gasteiger partial charge in [-0.15, -0.1) is 0 Å². The number of carbonyl (C=O) groups is 3. The topological polar surface area (TPSA) is 84.9 Å². The molecule has 2 aromatic rings. The number of imide groups is 1. The summed E-state index contributed by atoms with van der Waals surface area (Å²) in [7, 11) is 2.98. The summed E-state index contributed by atoms with van der Waals surface area (Å²) in [6, 6.07) is 7.60. The predicted molar refractivity (Wildman–Crippen MR) is 116 cm³/mol. The Labute approximate surface area is 185 Å². The molecule has 7 nitrogen and oxygen atoms in total. The molecular weight excluding hydrogens is 420 g/mol. The summed E-state index contributed by atoms with van der Waals surface area (Å²) in [5.41, 5.74) is 1.21. The SMILES string of the molecule is COc1cc(Cl)c(NC(=O)c2ccc3c(c2)C(=O)N(C2CCCCC2)C3=O)cc1OC. The number of rotatable bonds is 5. The quantitative estimate of drug-likeness (QED) is 0.687. The van der Waals surface area contributed by atoms with E-state index in [1.54, 1.807) is 24.3 Å². The van der Waals surface area contributed by atoms with Crippen LogP contribution in [0.2, 0.25) is 5.02 Å². The van der Waals surface area contributed by atoms with E-state index >= 15 is 0 Å². The van der Waals surface area contributed by atoms with Gasteiger partial charge in [0, 0.05) is 23.7 Å². The molecule has 2 aromatic carbocycles. The Kier molecular flexibility index (Phi) is 5.87. The molecule has 2 aliphatic rings. The van der Waals surface area contributed by atoms with Crippen molar-refractivity contribution in [2.24, 2.45) is 0 Å². The van der Waals surface area contributed by atoms with E-state index < -0.39 is 5.91 Å². The molecule has 31 heavy (non-hydrogen) atoms. The van der Waals surface area contributed by atoms with Crippen LogP contribution in [0.25, 0.3) is 0 Å². The number of halogens is 1. The number of nitrogens with one attached hydrogen (secondary N) is 1. The Morgan fingerprint density at radius 2 is 1.61 bits per heavy atom. The maximum atomic E-state index is 13.0. The van der Waals surface area contributed by atoms with Gasteiger partial charge in [-0.25, -0.2) is 0 Å². The zero-order chi connectivity index (χ0) is 22.1. The molecule has 0 atom stereocenters. The molecule has 3 amide bonds. The van der Waals surface area contributed by atoms with E-state index in [0.29, 0.717) is 22.7 Å². The third kappa shape index (κ3) is 3.85. The number of ether oxygens (including phenoxy) is 2. The molecule has 0 spiro atoms. The first kappa shape index (κ1) is 21.2. The number of methoxy groups -OCH3 is 2. The number of benzene rings is 2. The van der Waals surface area contributed by atoms with Gasteiger partial charge in [0.15, 0.2) is 11.5 Å². The standard InChI is InChI=1S/C23H23ClN2O5/c1-30-19-11-17(24)18(12-20(19)31-2)25-21(27)13-8-9-15-16(10-13)23(29)26(22(15)28)14-6-4-3-5-7-14/h8-12,14H,3-7H2,1-2H3,(H,25,27). The van der Waals surface area contributed by atoms with Crippen molar-refractivity contribution in [2.75, 3.05) is 19.5 Å². The lowest BCUT2D eigenvalue weighted by molar-refractivity contribution is 0.0549. The summed E-state index contributed by atoms with van der Waals surface area (Å²) in [6.07, 6.45) is 4.81. The van der Waals surface area contributed by atoms with Gasteiger partial charge >= 0.3 is 0 Å². The highest BCUT2D eigenvalue weighted by Crippen LogP contribution is 2.36. The molecule has 0 unspecified atom stereocenters. The molecule has 0 aromatic heterocycles. The van der Waals surface area contributed by atoms with Gasteiger partial charge in [-0.3, -0.25) is 19.3 Å². The lowest BCUT2D eigenvalue weighted by Crippen LogP contribution is -2.40. The summed E-state index contributed by atoms with van der Waals surface area (Å²) >= 11 is 6.25. The molecule has 1 heterocycles. The fourth-order valence-corrected chi connectivity index (χ4v) is 4.42. The van der Waals surface area contributed by atoms with Crippen LogP contribution >= 0.6 is 11.6 Å². The van der Waals surface area contributed by atoms with Gasteiger partial charge in [0.2, 0.25) is 0 Å². The number of fused-ring (bicyclic) bond motifs is 1. The van der Waals surface area contributed by atoms with Crippen LogP contribution in [0.5, 0.6) is 11.5 Å². The average Bonchev–Trinajstić information content (AvgIpc) is 3.04. The normalized spacial score (nSPS) is 16.3. The average molecular weight is 443 g/mol. The van der Waals surface area contributed by atoms with Crippen molar-refractivity contribution in [2.45, 2.75) is 38.1 Å². The van der Waals surface area contributed by atoms with Gasteiger partial charge in [0.1, 0.15) is 0 Å². The summed E-state index contributed by atoms with van der Waals surface area (Å²) in [6.45, 7) is 0. The Morgan fingerprint density at radius 1 is 0.968 bits per heavy atom. The maximum Gasteiger partial charge on any atom is 0.261 e. The van der Waals surface area contributed by atoms with E-state index in [1.807, 2.05) is 0 Å². The van der Waals surface area contributed by atoms with Crippen molar-refractivity contribution in [1.82, 2.24) is 4.90 Å². The molecule has 1 saturated carbocycles. The minimum Gasteiger partial charge on any atom is -0.493 e. The first-order valence-electron chi connectivity index (χ1n) is 10.2. The molecule has 0 radical (unpaired) electrons. The number of amides is 3. The largest absolute Gasteiger partial charge is 0.493 e. The lowest BCUT2D eigenvalue weighted by Gasteiger charge is -2.29. The first-order chi connectivity index (χ1) is 14.9. The van der Waals surface area contributed by atoms with Crippen LogP contribution in [0.4, 0.5) is 5.69 Å². The van der Waals surface area contributed by atoms with Crippen LogP contribution in [0.3, 0.4) is 0 Å². The van der Waals surface area contributed by atoms with Gasteiger partial charge in [-0.2, -0.15) is 0 Å². The smallest absolute Gasteiger partial charge is 0.261 e. The molecule has 8 heteroatoms. The summed E-state index contributed by atoms with van der Waals surface area (Å²) < 4.78 is 10.5. The Morgan fingerprint density at radius 3 is 2.29 bits per heavy atom. The zero-order valence-electron chi connectivity index (χ0n) is 17.4. The minimum atomic E-state index is -0.451. The predicted octanol–water partition coefficient (Wildman–Crippen LogP) is 4.54. The fourth-order valence-electron chi connectivity index (χ4n) is 4.22. The monoisotopic (exact) mass is 442 g/mol. The third-order valence-corrected chi connectivity index (χ3v) is 6.15. The molecular formula is C23H23ClN2O5. The van der Waals surface area contributed by atoms with Crippen molar-refractivity contribution >= 4 is 35.0 Å². The fraction of sp³-hybridized carbons (Fsp3) is 0.348.